The van der Waals surface area contributed by atoms with Crippen LogP contribution in [0.4, 0.5) is 0 Å². The summed E-state index contributed by atoms with van der Waals surface area (Å²) < 4.78 is 0. The summed E-state index contributed by atoms with van der Waals surface area (Å²) in [4.78, 5) is 0. The van der Waals surface area contributed by atoms with E-state index in [-0.39, 0.29) is 11.5 Å². The molecule has 0 heterocycles. The summed E-state index contributed by atoms with van der Waals surface area (Å²) in [6.45, 7) is 20.0. The first kappa shape index (κ1) is 23.8. The van der Waals surface area contributed by atoms with Gasteiger partial charge in [-0.2, -0.15) is 0 Å². The number of aliphatic hydroxyl groups excluding tert-OH is 1. The first-order chi connectivity index (χ1) is 14.4. The van der Waals surface area contributed by atoms with Gasteiger partial charge in [0.25, 0.3) is 0 Å². The third-order valence-corrected chi connectivity index (χ3v) is 12.0. The first-order valence-corrected chi connectivity index (χ1v) is 13.8. The molecule has 4 aliphatic carbocycles. The highest BCUT2D eigenvalue weighted by Crippen LogP contribution is 2.73. The molecular weight excluding hydrogens is 376 g/mol. The number of aliphatic hydroxyl groups is 1. The Bertz CT molecular complexity index is 703. The van der Waals surface area contributed by atoms with Crippen LogP contribution in [0.25, 0.3) is 0 Å². The second-order valence-electron chi connectivity index (χ2n) is 14.1. The second-order valence-corrected chi connectivity index (χ2v) is 14.1. The van der Waals surface area contributed by atoms with Crippen LogP contribution in [-0.2, 0) is 0 Å². The highest BCUT2D eigenvalue weighted by atomic mass is 16.3. The van der Waals surface area contributed by atoms with E-state index in [2.05, 4.69) is 61.5 Å². The van der Waals surface area contributed by atoms with E-state index in [9.17, 15) is 5.11 Å². The van der Waals surface area contributed by atoms with Crippen LogP contribution in [0.5, 0.6) is 0 Å². The van der Waals surface area contributed by atoms with Crippen LogP contribution in [0.15, 0.2) is 11.6 Å². The van der Waals surface area contributed by atoms with Crippen molar-refractivity contribution < 1.29 is 5.11 Å². The number of hydrogen-bond acceptors (Lipinski definition) is 1. The minimum Gasteiger partial charge on any atom is -0.393 e. The Balaban J connectivity index is 1.61. The first-order valence-electron chi connectivity index (χ1n) is 13.8. The Morgan fingerprint density at radius 1 is 0.903 bits per heavy atom. The van der Waals surface area contributed by atoms with Gasteiger partial charge >= 0.3 is 0 Å². The molecule has 0 saturated heterocycles. The van der Waals surface area contributed by atoms with Crippen molar-refractivity contribution in [1.29, 1.82) is 0 Å². The van der Waals surface area contributed by atoms with Gasteiger partial charge in [-0.15, -0.1) is 0 Å². The van der Waals surface area contributed by atoms with Crippen molar-refractivity contribution in [3.8, 4) is 0 Å². The topological polar surface area (TPSA) is 20.2 Å². The Kier molecular flexibility index (Phi) is 6.07. The van der Waals surface area contributed by atoms with Gasteiger partial charge in [0.15, 0.2) is 0 Å². The van der Waals surface area contributed by atoms with Gasteiger partial charge in [-0.1, -0.05) is 86.3 Å². The molecule has 0 aliphatic heterocycles. The molecule has 8 atom stereocenters. The zero-order valence-corrected chi connectivity index (χ0v) is 22.1. The monoisotopic (exact) mass is 428 g/mol. The van der Waals surface area contributed by atoms with Gasteiger partial charge in [0, 0.05) is 0 Å². The summed E-state index contributed by atoms with van der Waals surface area (Å²) in [6.07, 6.45) is 15.8. The summed E-state index contributed by atoms with van der Waals surface area (Å²) in [5, 5.41) is 10.8. The Labute approximate surface area is 193 Å². The smallest absolute Gasteiger partial charge is 0.0594 e. The number of fused-ring (bicyclic) bond motifs is 5. The largest absolute Gasteiger partial charge is 0.393 e. The van der Waals surface area contributed by atoms with Crippen LogP contribution in [0.1, 0.15) is 120 Å². The third kappa shape index (κ3) is 3.41. The van der Waals surface area contributed by atoms with Gasteiger partial charge in [-0.05, 0) is 96.2 Å². The fourth-order valence-corrected chi connectivity index (χ4v) is 9.72. The van der Waals surface area contributed by atoms with Gasteiger partial charge in [-0.3, -0.25) is 0 Å². The molecule has 3 fully saturated rings. The van der Waals surface area contributed by atoms with Gasteiger partial charge in [-0.25, -0.2) is 0 Å². The minimum absolute atomic E-state index is 0.0452. The fraction of sp³-hybridized carbons (Fsp3) is 0.933. The maximum absolute atomic E-state index is 10.8. The summed E-state index contributed by atoms with van der Waals surface area (Å²) in [5.74, 6) is 3.98. The Morgan fingerprint density at radius 2 is 1.61 bits per heavy atom. The second kappa shape index (κ2) is 7.89. The van der Waals surface area contributed by atoms with Crippen molar-refractivity contribution in [1.82, 2.24) is 0 Å². The van der Waals surface area contributed by atoms with Crippen molar-refractivity contribution >= 4 is 0 Å². The predicted octanol–water partition coefficient (Wildman–Crippen LogP) is 8.41. The molecule has 0 spiro atoms. The van der Waals surface area contributed by atoms with Crippen molar-refractivity contribution in [3.63, 3.8) is 0 Å². The molecule has 0 bridgehead atoms. The molecule has 0 aromatic rings. The van der Waals surface area contributed by atoms with E-state index in [1.54, 1.807) is 0 Å². The lowest BCUT2D eigenvalue weighted by Gasteiger charge is -2.64. The van der Waals surface area contributed by atoms with E-state index >= 15 is 0 Å². The van der Waals surface area contributed by atoms with Gasteiger partial charge in [0.1, 0.15) is 0 Å². The Hall–Kier alpha value is -0.300. The maximum atomic E-state index is 10.8. The van der Waals surface area contributed by atoms with Gasteiger partial charge in [0.05, 0.1) is 6.10 Å². The summed E-state index contributed by atoms with van der Waals surface area (Å²) in [6, 6.07) is 0. The van der Waals surface area contributed by atoms with E-state index < -0.39 is 0 Å². The molecule has 31 heavy (non-hydrogen) atoms. The molecule has 0 radical (unpaired) electrons. The average molecular weight is 429 g/mol. The SMILES string of the molecule is CC(C)CCC[C@@H](C)[C@H]1CC[C@@]2(C)[C@@H]3CC[C@H]4C(C)(C)C(O)CC[C@]4(C)C3=CC[C@]12C. The zero-order chi connectivity index (χ0) is 22.8. The lowest BCUT2D eigenvalue weighted by molar-refractivity contribution is -0.118. The van der Waals surface area contributed by atoms with Crippen molar-refractivity contribution in [2.45, 2.75) is 126 Å². The number of rotatable bonds is 5. The van der Waals surface area contributed by atoms with E-state index in [4.69, 9.17) is 0 Å². The van der Waals surface area contributed by atoms with Crippen LogP contribution in [0.2, 0.25) is 0 Å². The standard InChI is InChI=1S/C30H52O/c1-20(2)10-9-11-21(3)22-14-18-30(8)24-12-13-25-27(4,5)26(31)16-17-28(25,6)23(24)15-19-29(22,30)7/h15,20-22,24-26,31H,9-14,16-19H2,1-8H3/t21-,22-,24-,25+,26?,28-,29-,30+/m1/s1. The van der Waals surface area contributed by atoms with E-state index in [1.165, 1.54) is 57.8 Å². The zero-order valence-electron chi connectivity index (χ0n) is 22.1. The van der Waals surface area contributed by atoms with Crippen molar-refractivity contribution in [3.05, 3.63) is 11.6 Å². The van der Waals surface area contributed by atoms with Crippen molar-refractivity contribution in [2.24, 2.45) is 51.2 Å². The molecule has 4 rings (SSSR count). The molecule has 1 unspecified atom stereocenters. The normalized spacial score (nSPS) is 47.4. The molecule has 1 N–H and O–H groups in total. The number of allylic oxidation sites excluding steroid dienone is 2. The van der Waals surface area contributed by atoms with Crippen LogP contribution in [0, 0.1) is 51.2 Å². The minimum atomic E-state index is -0.130. The maximum Gasteiger partial charge on any atom is 0.0594 e. The molecule has 3 saturated carbocycles. The molecule has 0 aromatic heterocycles. The summed E-state index contributed by atoms with van der Waals surface area (Å²) >= 11 is 0. The van der Waals surface area contributed by atoms with E-state index in [0.29, 0.717) is 22.2 Å². The Morgan fingerprint density at radius 3 is 2.29 bits per heavy atom. The lowest BCUT2D eigenvalue weighted by Crippen LogP contribution is -2.57. The predicted molar refractivity (Wildman–Crippen MR) is 133 cm³/mol. The van der Waals surface area contributed by atoms with Crippen molar-refractivity contribution in [2.75, 3.05) is 0 Å². The molecule has 1 heteroatoms. The average Bonchev–Trinajstić information content (AvgIpc) is 2.96. The molecular formula is C30H52O. The molecule has 4 aliphatic rings. The summed E-state index contributed by atoms with van der Waals surface area (Å²) in [5.41, 5.74) is 3.09. The molecule has 178 valence electrons. The van der Waals surface area contributed by atoms with Crippen LogP contribution < -0.4 is 0 Å². The number of hydrogen-bond donors (Lipinski definition) is 1. The lowest BCUT2D eigenvalue weighted by atomic mass is 9.41. The van der Waals surface area contributed by atoms with E-state index in [0.717, 1.165) is 30.1 Å². The quantitative estimate of drug-likeness (QED) is 0.436. The van der Waals surface area contributed by atoms with Crippen LogP contribution in [-0.4, -0.2) is 11.2 Å². The fourth-order valence-electron chi connectivity index (χ4n) is 9.72. The van der Waals surface area contributed by atoms with Crippen LogP contribution >= 0.6 is 0 Å². The third-order valence-electron chi connectivity index (χ3n) is 12.0. The van der Waals surface area contributed by atoms with E-state index in [1.807, 2.05) is 5.57 Å². The highest BCUT2D eigenvalue weighted by molar-refractivity contribution is 5.32. The molecule has 0 amide bonds. The highest BCUT2D eigenvalue weighted by Gasteiger charge is 2.65. The van der Waals surface area contributed by atoms with Crippen LogP contribution in [0.3, 0.4) is 0 Å². The summed E-state index contributed by atoms with van der Waals surface area (Å²) in [7, 11) is 0. The molecule has 0 aromatic carbocycles. The van der Waals surface area contributed by atoms with Gasteiger partial charge in [0.2, 0.25) is 0 Å². The molecule has 1 nitrogen and oxygen atoms in total. The van der Waals surface area contributed by atoms with Gasteiger partial charge < -0.3 is 5.11 Å².